The van der Waals surface area contributed by atoms with Crippen molar-refractivity contribution >= 4 is 28.6 Å². The van der Waals surface area contributed by atoms with Crippen molar-refractivity contribution in [3.8, 4) is 17.2 Å². The summed E-state index contributed by atoms with van der Waals surface area (Å²) >= 11 is 1.38. The zero-order valence-electron chi connectivity index (χ0n) is 19.9. The van der Waals surface area contributed by atoms with Crippen molar-refractivity contribution in [1.29, 1.82) is 0 Å². The second-order valence-corrected chi connectivity index (χ2v) is 9.86. The van der Waals surface area contributed by atoms with Crippen molar-refractivity contribution in [1.82, 2.24) is 25.5 Å². The highest BCUT2D eigenvalue weighted by Crippen LogP contribution is 2.34. The van der Waals surface area contributed by atoms with Gasteiger partial charge in [0.2, 0.25) is 17.7 Å². The summed E-state index contributed by atoms with van der Waals surface area (Å²) in [5.74, 6) is 2.61. The largest absolute Gasteiger partial charge is 0.497 e. The van der Waals surface area contributed by atoms with E-state index in [-0.39, 0.29) is 23.4 Å². The van der Waals surface area contributed by atoms with Gasteiger partial charge in [-0.15, -0.1) is 10.2 Å². The van der Waals surface area contributed by atoms with Crippen LogP contribution >= 0.6 is 11.8 Å². The number of carbonyl (C=O) groups excluding carboxylic acids is 1. The Kier molecular flexibility index (Phi) is 7.31. The van der Waals surface area contributed by atoms with Gasteiger partial charge in [0.15, 0.2) is 5.16 Å². The third kappa shape index (κ3) is 5.59. The summed E-state index contributed by atoms with van der Waals surface area (Å²) in [5.41, 5.74) is 1.32. The first kappa shape index (κ1) is 24.1. The first-order valence-corrected chi connectivity index (χ1v) is 13.0. The van der Waals surface area contributed by atoms with Crippen LogP contribution in [0.4, 0.5) is 0 Å². The first-order valence-electron chi connectivity index (χ1n) is 12.0. The molecule has 10 heteroatoms. The predicted molar refractivity (Wildman–Crippen MR) is 137 cm³/mol. The van der Waals surface area contributed by atoms with Crippen molar-refractivity contribution in [3.63, 3.8) is 0 Å². The van der Waals surface area contributed by atoms with E-state index in [0.29, 0.717) is 40.0 Å². The number of para-hydroxylation sites is 1. The Hall–Kier alpha value is -3.66. The number of hydrogen-bond donors (Lipinski definition) is 2. The molecular formula is C26H27N5O4S. The minimum atomic E-state index is -0.166. The molecule has 0 radical (unpaired) electrons. The smallest absolute Gasteiger partial charge is 0.259 e. The van der Waals surface area contributed by atoms with Gasteiger partial charge in [-0.25, -0.2) is 4.98 Å². The standard InChI is InChI=1S/C26H27N5O4S/c1-34-19-6-4-5-17(15-19)25-31-30-24(35-25)16-9-11-18(12-10-16)27-22(32)13-14-36-26-28-21-8-3-2-7-20(21)23(33)29-26/h2-8,15-16,18H,9-14H2,1H3,(H,27,32)(H,28,29,33). The molecule has 1 saturated carbocycles. The Balaban J connectivity index is 1.08. The molecule has 1 aliphatic carbocycles. The van der Waals surface area contributed by atoms with E-state index in [0.717, 1.165) is 37.0 Å². The van der Waals surface area contributed by atoms with Crippen LogP contribution in [-0.2, 0) is 4.79 Å². The average Bonchev–Trinajstić information content (AvgIpc) is 3.40. The van der Waals surface area contributed by atoms with Crippen LogP contribution in [0.2, 0.25) is 0 Å². The lowest BCUT2D eigenvalue weighted by molar-refractivity contribution is -0.121. The zero-order chi connectivity index (χ0) is 24.9. The van der Waals surface area contributed by atoms with Crippen molar-refractivity contribution in [2.75, 3.05) is 12.9 Å². The summed E-state index contributed by atoms with van der Waals surface area (Å²) in [6, 6.07) is 14.9. The SMILES string of the molecule is COc1cccc(-c2nnc(C3CCC(NC(=O)CCSc4nc5ccccc5c(=O)[nH]4)CC3)o2)c1. The van der Waals surface area contributed by atoms with Gasteiger partial charge in [-0.2, -0.15) is 0 Å². The fourth-order valence-corrected chi connectivity index (χ4v) is 5.24. The number of H-pyrrole nitrogens is 1. The Morgan fingerprint density at radius 1 is 1.14 bits per heavy atom. The van der Waals surface area contributed by atoms with Gasteiger partial charge in [-0.1, -0.05) is 30.0 Å². The van der Waals surface area contributed by atoms with Gasteiger partial charge in [0.1, 0.15) is 5.75 Å². The fourth-order valence-electron chi connectivity index (χ4n) is 4.43. The number of nitrogens with one attached hydrogen (secondary N) is 2. The highest BCUT2D eigenvalue weighted by atomic mass is 32.2. The quantitative estimate of drug-likeness (QED) is 0.268. The average molecular weight is 506 g/mol. The number of carbonyl (C=O) groups is 1. The molecule has 9 nitrogen and oxygen atoms in total. The maximum Gasteiger partial charge on any atom is 0.259 e. The van der Waals surface area contributed by atoms with Crippen LogP contribution in [0.1, 0.15) is 43.9 Å². The number of hydrogen-bond acceptors (Lipinski definition) is 8. The molecule has 0 saturated heterocycles. The fraction of sp³-hybridized carbons (Fsp3) is 0.346. The number of aromatic amines is 1. The number of benzene rings is 2. The highest BCUT2D eigenvalue weighted by Gasteiger charge is 2.27. The molecule has 4 aromatic rings. The van der Waals surface area contributed by atoms with E-state index in [2.05, 4.69) is 25.5 Å². The van der Waals surface area contributed by atoms with Crippen molar-refractivity contribution in [2.24, 2.45) is 0 Å². The molecule has 2 heterocycles. The van der Waals surface area contributed by atoms with Gasteiger partial charge < -0.3 is 19.5 Å². The molecule has 0 bridgehead atoms. The lowest BCUT2D eigenvalue weighted by Crippen LogP contribution is -2.37. The first-order chi connectivity index (χ1) is 17.6. The Labute approximate surface area is 212 Å². The number of methoxy groups -OCH3 is 1. The van der Waals surface area contributed by atoms with E-state index in [1.807, 2.05) is 42.5 Å². The van der Waals surface area contributed by atoms with E-state index < -0.39 is 0 Å². The van der Waals surface area contributed by atoms with Gasteiger partial charge in [-0.05, 0) is 56.0 Å². The summed E-state index contributed by atoms with van der Waals surface area (Å²) in [4.78, 5) is 31.9. The van der Waals surface area contributed by atoms with Crippen LogP contribution in [0.25, 0.3) is 22.4 Å². The van der Waals surface area contributed by atoms with Crippen LogP contribution in [0.5, 0.6) is 5.75 Å². The highest BCUT2D eigenvalue weighted by molar-refractivity contribution is 7.99. The van der Waals surface area contributed by atoms with E-state index in [1.54, 1.807) is 13.2 Å². The molecule has 1 amide bonds. The molecule has 0 unspecified atom stereocenters. The van der Waals surface area contributed by atoms with Crippen molar-refractivity contribution in [2.45, 2.75) is 49.2 Å². The van der Waals surface area contributed by atoms with Gasteiger partial charge >= 0.3 is 0 Å². The van der Waals surface area contributed by atoms with Gasteiger partial charge in [0.25, 0.3) is 5.56 Å². The normalized spacial score (nSPS) is 17.7. The van der Waals surface area contributed by atoms with Crippen LogP contribution in [0.3, 0.4) is 0 Å². The summed E-state index contributed by atoms with van der Waals surface area (Å²) in [5, 5.41) is 12.7. The number of nitrogens with zero attached hydrogens (tertiary/aromatic N) is 3. The lowest BCUT2D eigenvalue weighted by atomic mass is 9.86. The molecule has 5 rings (SSSR count). The van der Waals surface area contributed by atoms with Gasteiger partial charge in [-0.3, -0.25) is 9.59 Å². The number of fused-ring (bicyclic) bond motifs is 1. The summed E-state index contributed by atoms with van der Waals surface area (Å²) in [7, 11) is 1.62. The second kappa shape index (κ2) is 10.9. The molecule has 36 heavy (non-hydrogen) atoms. The number of aromatic nitrogens is 4. The van der Waals surface area contributed by atoms with E-state index in [1.165, 1.54) is 11.8 Å². The minimum absolute atomic E-state index is 0.00666. The lowest BCUT2D eigenvalue weighted by Gasteiger charge is -2.27. The molecule has 1 aliphatic rings. The number of amides is 1. The Morgan fingerprint density at radius 2 is 1.97 bits per heavy atom. The molecule has 0 spiro atoms. The molecule has 0 aliphatic heterocycles. The maximum absolute atomic E-state index is 12.5. The Morgan fingerprint density at radius 3 is 2.81 bits per heavy atom. The number of rotatable bonds is 8. The van der Waals surface area contributed by atoms with Crippen LogP contribution < -0.4 is 15.6 Å². The minimum Gasteiger partial charge on any atom is -0.497 e. The topological polar surface area (TPSA) is 123 Å². The van der Waals surface area contributed by atoms with Gasteiger partial charge in [0, 0.05) is 29.7 Å². The monoisotopic (exact) mass is 505 g/mol. The summed E-state index contributed by atoms with van der Waals surface area (Å²) in [6.07, 6.45) is 3.83. The zero-order valence-corrected chi connectivity index (χ0v) is 20.7. The van der Waals surface area contributed by atoms with E-state index >= 15 is 0 Å². The van der Waals surface area contributed by atoms with Crippen LogP contribution in [-0.4, -0.2) is 45.0 Å². The van der Waals surface area contributed by atoms with Gasteiger partial charge in [0.05, 0.1) is 18.0 Å². The predicted octanol–water partition coefficient (Wildman–Crippen LogP) is 4.31. The molecule has 2 aromatic carbocycles. The summed E-state index contributed by atoms with van der Waals surface area (Å²) < 4.78 is 11.2. The van der Waals surface area contributed by atoms with Crippen molar-refractivity contribution in [3.05, 3.63) is 64.8 Å². The molecular weight excluding hydrogens is 478 g/mol. The maximum atomic E-state index is 12.5. The van der Waals surface area contributed by atoms with Crippen molar-refractivity contribution < 1.29 is 13.9 Å². The second-order valence-electron chi connectivity index (χ2n) is 8.78. The molecule has 0 atom stereocenters. The van der Waals surface area contributed by atoms with Crippen LogP contribution in [0, 0.1) is 0 Å². The molecule has 1 fully saturated rings. The molecule has 186 valence electrons. The van der Waals surface area contributed by atoms with E-state index in [9.17, 15) is 9.59 Å². The van der Waals surface area contributed by atoms with E-state index in [4.69, 9.17) is 9.15 Å². The number of ether oxygens (including phenoxy) is 1. The molecule has 2 N–H and O–H groups in total. The third-order valence-electron chi connectivity index (χ3n) is 6.36. The molecule has 2 aromatic heterocycles. The third-order valence-corrected chi connectivity index (χ3v) is 7.23. The summed E-state index contributed by atoms with van der Waals surface area (Å²) in [6.45, 7) is 0. The van der Waals surface area contributed by atoms with Crippen LogP contribution in [0.15, 0.2) is 62.9 Å². The number of thioether (sulfide) groups is 1. The Bertz CT molecular complexity index is 1410.